The quantitative estimate of drug-likeness (QED) is 0.825. The summed E-state index contributed by atoms with van der Waals surface area (Å²) in [7, 11) is 1.64. The summed E-state index contributed by atoms with van der Waals surface area (Å²) in [4.78, 5) is 13.8. The minimum absolute atomic E-state index is 0.0756. The van der Waals surface area contributed by atoms with Crippen LogP contribution in [0, 0.1) is 13.8 Å². The molecular formula is C16H17NO3. The maximum atomic E-state index is 12.4. The Hall–Kier alpha value is -2.49. The van der Waals surface area contributed by atoms with Crippen molar-refractivity contribution in [1.29, 1.82) is 0 Å². The van der Waals surface area contributed by atoms with Crippen LogP contribution in [0.1, 0.15) is 21.5 Å². The zero-order valence-corrected chi connectivity index (χ0v) is 11.7. The normalized spacial score (nSPS) is 10.3. The molecule has 0 fully saturated rings. The highest BCUT2D eigenvalue weighted by atomic mass is 16.3. The third-order valence-corrected chi connectivity index (χ3v) is 3.14. The Labute approximate surface area is 117 Å². The zero-order chi connectivity index (χ0) is 14.9. The van der Waals surface area contributed by atoms with E-state index in [4.69, 9.17) is 0 Å². The number of benzene rings is 2. The predicted molar refractivity (Wildman–Crippen MR) is 78.4 cm³/mol. The summed E-state index contributed by atoms with van der Waals surface area (Å²) >= 11 is 0. The minimum atomic E-state index is -0.395. The van der Waals surface area contributed by atoms with Crippen LogP contribution in [0.15, 0.2) is 36.4 Å². The molecule has 104 valence electrons. The van der Waals surface area contributed by atoms with Gasteiger partial charge in [0, 0.05) is 12.7 Å². The standard InChI is InChI=1S/C16H17NO3/c1-10-7-11(2)9-12(8-10)17(3)16(20)13-5-4-6-14(18)15(13)19/h4-9,18-19H,1-3H3. The summed E-state index contributed by atoms with van der Waals surface area (Å²) in [5.74, 6) is -1.07. The summed E-state index contributed by atoms with van der Waals surface area (Å²) in [6.07, 6.45) is 0. The first kappa shape index (κ1) is 13.9. The number of aryl methyl sites for hydroxylation is 2. The second-order valence-electron chi connectivity index (χ2n) is 4.88. The van der Waals surface area contributed by atoms with Gasteiger partial charge in [-0.05, 0) is 49.2 Å². The largest absolute Gasteiger partial charge is 0.504 e. The van der Waals surface area contributed by atoms with Gasteiger partial charge in [-0.15, -0.1) is 0 Å². The number of hydrogen-bond acceptors (Lipinski definition) is 3. The Morgan fingerprint density at radius 1 is 1.05 bits per heavy atom. The lowest BCUT2D eigenvalue weighted by Gasteiger charge is -2.19. The molecule has 0 aromatic heterocycles. The van der Waals surface area contributed by atoms with E-state index in [2.05, 4.69) is 0 Å². The van der Waals surface area contributed by atoms with Gasteiger partial charge in [0.25, 0.3) is 5.91 Å². The monoisotopic (exact) mass is 271 g/mol. The first-order chi connectivity index (χ1) is 9.40. The maximum Gasteiger partial charge on any atom is 0.261 e. The number of aromatic hydroxyl groups is 2. The van der Waals surface area contributed by atoms with E-state index in [9.17, 15) is 15.0 Å². The average molecular weight is 271 g/mol. The van der Waals surface area contributed by atoms with Gasteiger partial charge in [0.2, 0.25) is 0 Å². The number of rotatable bonds is 2. The average Bonchev–Trinajstić information content (AvgIpc) is 2.39. The fourth-order valence-corrected chi connectivity index (χ4v) is 2.15. The topological polar surface area (TPSA) is 60.8 Å². The van der Waals surface area contributed by atoms with Crippen molar-refractivity contribution in [2.24, 2.45) is 0 Å². The van der Waals surface area contributed by atoms with Crippen molar-refractivity contribution in [2.45, 2.75) is 13.8 Å². The van der Waals surface area contributed by atoms with Crippen LogP contribution in [0.2, 0.25) is 0 Å². The second-order valence-corrected chi connectivity index (χ2v) is 4.88. The Morgan fingerprint density at radius 3 is 2.25 bits per heavy atom. The summed E-state index contributed by atoms with van der Waals surface area (Å²) in [5, 5.41) is 19.2. The van der Waals surface area contributed by atoms with Crippen LogP contribution in [0.25, 0.3) is 0 Å². The molecule has 20 heavy (non-hydrogen) atoms. The van der Waals surface area contributed by atoms with Crippen molar-refractivity contribution in [3.05, 3.63) is 53.1 Å². The molecule has 4 heteroatoms. The van der Waals surface area contributed by atoms with Crippen molar-refractivity contribution in [3.63, 3.8) is 0 Å². The SMILES string of the molecule is Cc1cc(C)cc(N(C)C(=O)c2cccc(O)c2O)c1. The Balaban J connectivity index is 2.40. The summed E-state index contributed by atoms with van der Waals surface area (Å²) in [5.41, 5.74) is 2.93. The first-order valence-corrected chi connectivity index (χ1v) is 6.27. The molecule has 0 aliphatic carbocycles. The van der Waals surface area contributed by atoms with Gasteiger partial charge in [0.1, 0.15) is 0 Å². The van der Waals surface area contributed by atoms with Gasteiger partial charge < -0.3 is 15.1 Å². The number of hydrogen-bond donors (Lipinski definition) is 2. The molecule has 0 radical (unpaired) electrons. The summed E-state index contributed by atoms with van der Waals surface area (Å²) in [6.45, 7) is 3.92. The molecule has 2 N–H and O–H groups in total. The Bertz CT molecular complexity index is 645. The molecule has 0 spiro atoms. The van der Waals surface area contributed by atoms with E-state index in [1.165, 1.54) is 23.1 Å². The third-order valence-electron chi connectivity index (χ3n) is 3.14. The lowest BCUT2D eigenvalue weighted by atomic mass is 10.1. The van der Waals surface area contributed by atoms with E-state index in [0.717, 1.165) is 16.8 Å². The Kier molecular flexibility index (Phi) is 3.66. The van der Waals surface area contributed by atoms with Gasteiger partial charge in [-0.1, -0.05) is 12.1 Å². The van der Waals surface area contributed by atoms with Crippen LogP contribution < -0.4 is 4.90 Å². The van der Waals surface area contributed by atoms with E-state index in [1.54, 1.807) is 7.05 Å². The molecule has 0 aliphatic rings. The number of carbonyl (C=O) groups is 1. The third kappa shape index (κ3) is 2.59. The van der Waals surface area contributed by atoms with Gasteiger partial charge in [-0.25, -0.2) is 0 Å². The zero-order valence-electron chi connectivity index (χ0n) is 11.7. The van der Waals surface area contributed by atoms with Gasteiger partial charge in [0.15, 0.2) is 11.5 Å². The highest BCUT2D eigenvalue weighted by molar-refractivity contribution is 6.08. The number of nitrogens with zero attached hydrogens (tertiary/aromatic N) is 1. The van der Waals surface area contributed by atoms with Crippen molar-refractivity contribution >= 4 is 11.6 Å². The van der Waals surface area contributed by atoms with Crippen LogP contribution in [0.4, 0.5) is 5.69 Å². The van der Waals surface area contributed by atoms with E-state index >= 15 is 0 Å². The Morgan fingerprint density at radius 2 is 1.65 bits per heavy atom. The summed E-state index contributed by atoms with van der Waals surface area (Å²) < 4.78 is 0. The van der Waals surface area contributed by atoms with Crippen LogP contribution in [0.5, 0.6) is 11.5 Å². The fourth-order valence-electron chi connectivity index (χ4n) is 2.15. The number of amides is 1. The molecule has 0 heterocycles. The molecule has 1 amide bonds. The first-order valence-electron chi connectivity index (χ1n) is 6.27. The number of anilines is 1. The predicted octanol–water partition coefficient (Wildman–Crippen LogP) is 2.99. The number of phenolic OH excluding ortho intramolecular Hbond substituents is 2. The lowest BCUT2D eigenvalue weighted by molar-refractivity contribution is 0.0990. The van der Waals surface area contributed by atoms with Crippen LogP contribution in [0.3, 0.4) is 0 Å². The maximum absolute atomic E-state index is 12.4. The highest BCUT2D eigenvalue weighted by Crippen LogP contribution is 2.30. The molecule has 0 saturated carbocycles. The molecule has 0 bridgehead atoms. The van der Waals surface area contributed by atoms with E-state index < -0.39 is 5.75 Å². The van der Waals surface area contributed by atoms with E-state index in [-0.39, 0.29) is 17.2 Å². The molecule has 0 unspecified atom stereocenters. The van der Waals surface area contributed by atoms with Crippen LogP contribution >= 0.6 is 0 Å². The van der Waals surface area contributed by atoms with Crippen molar-refractivity contribution in [2.75, 3.05) is 11.9 Å². The lowest BCUT2D eigenvalue weighted by Crippen LogP contribution is -2.26. The van der Waals surface area contributed by atoms with E-state index in [1.807, 2.05) is 32.0 Å². The second kappa shape index (κ2) is 5.25. The fraction of sp³-hybridized carbons (Fsp3) is 0.188. The molecule has 2 aromatic carbocycles. The van der Waals surface area contributed by atoms with Crippen molar-refractivity contribution < 1.29 is 15.0 Å². The van der Waals surface area contributed by atoms with Crippen molar-refractivity contribution in [3.8, 4) is 11.5 Å². The van der Waals surface area contributed by atoms with Crippen LogP contribution in [-0.2, 0) is 0 Å². The molecule has 0 saturated heterocycles. The number of para-hydroxylation sites is 1. The molecule has 0 aliphatic heterocycles. The smallest absolute Gasteiger partial charge is 0.261 e. The molecule has 4 nitrogen and oxygen atoms in total. The number of phenols is 2. The molecule has 2 rings (SSSR count). The molecule has 0 atom stereocenters. The molecular weight excluding hydrogens is 254 g/mol. The highest BCUT2D eigenvalue weighted by Gasteiger charge is 2.19. The van der Waals surface area contributed by atoms with Gasteiger partial charge in [-0.3, -0.25) is 4.79 Å². The minimum Gasteiger partial charge on any atom is -0.504 e. The van der Waals surface area contributed by atoms with Gasteiger partial charge >= 0.3 is 0 Å². The van der Waals surface area contributed by atoms with E-state index in [0.29, 0.717) is 0 Å². The van der Waals surface area contributed by atoms with Gasteiger partial charge in [0.05, 0.1) is 5.56 Å². The summed E-state index contributed by atoms with van der Waals surface area (Å²) in [6, 6.07) is 10.2. The molecule has 2 aromatic rings. The van der Waals surface area contributed by atoms with Gasteiger partial charge in [-0.2, -0.15) is 0 Å². The van der Waals surface area contributed by atoms with Crippen LogP contribution in [-0.4, -0.2) is 23.2 Å². The van der Waals surface area contributed by atoms with Crippen molar-refractivity contribution in [1.82, 2.24) is 0 Å². The number of carbonyl (C=O) groups excluding carboxylic acids is 1.